The first-order chi connectivity index (χ1) is 5.41. The summed E-state index contributed by atoms with van der Waals surface area (Å²) < 4.78 is 10.0. The van der Waals surface area contributed by atoms with Crippen molar-refractivity contribution < 1.29 is 19.1 Å². The van der Waals surface area contributed by atoms with Crippen molar-refractivity contribution in [1.29, 1.82) is 0 Å². The molecule has 12 heavy (non-hydrogen) atoms. The number of ether oxygens (including phenoxy) is 2. The van der Waals surface area contributed by atoms with Gasteiger partial charge >= 0.3 is 5.97 Å². The standard InChI is InChI=1S/C8H12O4/c1-5(9)4-6-7(10)12-8(2,3)11-6/h6H,4H2,1-3H3/t6-/m0/s1. The van der Waals surface area contributed by atoms with Crippen LogP contribution in [0.15, 0.2) is 0 Å². The molecule has 0 aromatic carbocycles. The van der Waals surface area contributed by atoms with Crippen LogP contribution in [-0.4, -0.2) is 23.6 Å². The third-order valence-corrected chi connectivity index (χ3v) is 1.51. The molecule has 1 fully saturated rings. The second-order valence-corrected chi connectivity index (χ2v) is 3.33. The molecule has 68 valence electrons. The fourth-order valence-electron chi connectivity index (χ4n) is 1.11. The molecule has 0 bridgehead atoms. The van der Waals surface area contributed by atoms with E-state index in [-0.39, 0.29) is 12.2 Å². The number of carbonyl (C=O) groups is 2. The van der Waals surface area contributed by atoms with Crippen molar-refractivity contribution in [1.82, 2.24) is 0 Å². The summed E-state index contributed by atoms with van der Waals surface area (Å²) in [7, 11) is 0. The first-order valence-corrected chi connectivity index (χ1v) is 3.81. The maximum Gasteiger partial charge on any atom is 0.338 e. The molecule has 0 aromatic rings. The minimum Gasteiger partial charge on any atom is -0.432 e. The summed E-state index contributed by atoms with van der Waals surface area (Å²) in [5.41, 5.74) is 0. The van der Waals surface area contributed by atoms with Crippen molar-refractivity contribution in [2.24, 2.45) is 0 Å². The van der Waals surface area contributed by atoms with Gasteiger partial charge in [-0.15, -0.1) is 0 Å². The Hall–Kier alpha value is -0.900. The third kappa shape index (κ3) is 2.04. The van der Waals surface area contributed by atoms with E-state index in [9.17, 15) is 9.59 Å². The Morgan fingerprint density at radius 2 is 2.17 bits per heavy atom. The van der Waals surface area contributed by atoms with Gasteiger partial charge in [-0.1, -0.05) is 0 Å². The maximum atomic E-state index is 11.0. The summed E-state index contributed by atoms with van der Waals surface area (Å²) in [5, 5.41) is 0. The average Bonchev–Trinajstić information content (AvgIpc) is 2.03. The zero-order valence-corrected chi connectivity index (χ0v) is 7.42. The van der Waals surface area contributed by atoms with Crippen LogP contribution in [0, 0.1) is 0 Å². The van der Waals surface area contributed by atoms with E-state index >= 15 is 0 Å². The summed E-state index contributed by atoms with van der Waals surface area (Å²) in [6, 6.07) is 0. The van der Waals surface area contributed by atoms with Crippen molar-refractivity contribution in [3.05, 3.63) is 0 Å². The molecule has 0 amide bonds. The first-order valence-electron chi connectivity index (χ1n) is 3.81. The van der Waals surface area contributed by atoms with Crippen molar-refractivity contribution >= 4 is 11.8 Å². The summed E-state index contributed by atoms with van der Waals surface area (Å²) in [6.07, 6.45) is -0.611. The lowest BCUT2D eigenvalue weighted by molar-refractivity contribution is -0.160. The number of carbonyl (C=O) groups excluding carboxylic acids is 2. The van der Waals surface area contributed by atoms with Gasteiger partial charge in [0.2, 0.25) is 5.79 Å². The molecule has 0 spiro atoms. The molecular formula is C8H12O4. The highest BCUT2D eigenvalue weighted by Gasteiger charge is 2.41. The van der Waals surface area contributed by atoms with Gasteiger partial charge in [0.15, 0.2) is 6.10 Å². The van der Waals surface area contributed by atoms with E-state index in [0.29, 0.717) is 0 Å². The lowest BCUT2D eigenvalue weighted by Gasteiger charge is -2.14. The molecule has 1 aliphatic rings. The maximum absolute atomic E-state index is 11.0. The summed E-state index contributed by atoms with van der Waals surface area (Å²) in [4.78, 5) is 21.7. The van der Waals surface area contributed by atoms with E-state index in [1.807, 2.05) is 0 Å². The topological polar surface area (TPSA) is 52.6 Å². The van der Waals surface area contributed by atoms with Crippen molar-refractivity contribution in [3.8, 4) is 0 Å². The zero-order valence-electron chi connectivity index (χ0n) is 7.42. The molecular weight excluding hydrogens is 160 g/mol. The van der Waals surface area contributed by atoms with Crippen LogP contribution in [0.1, 0.15) is 27.2 Å². The summed E-state index contributed by atoms with van der Waals surface area (Å²) in [6.45, 7) is 4.71. The fourth-order valence-corrected chi connectivity index (χ4v) is 1.11. The molecule has 1 rings (SSSR count). The molecule has 1 atom stereocenters. The molecule has 0 saturated carbocycles. The number of esters is 1. The van der Waals surface area contributed by atoms with Crippen LogP contribution in [0.25, 0.3) is 0 Å². The zero-order chi connectivity index (χ0) is 9.35. The van der Waals surface area contributed by atoms with Crippen LogP contribution >= 0.6 is 0 Å². The monoisotopic (exact) mass is 172 g/mol. The highest BCUT2D eigenvalue weighted by atomic mass is 16.8. The lowest BCUT2D eigenvalue weighted by atomic mass is 10.2. The quantitative estimate of drug-likeness (QED) is 0.574. The fraction of sp³-hybridized carbons (Fsp3) is 0.750. The van der Waals surface area contributed by atoms with Crippen molar-refractivity contribution in [2.45, 2.75) is 39.1 Å². The van der Waals surface area contributed by atoms with Gasteiger partial charge in [-0.3, -0.25) is 4.79 Å². The van der Waals surface area contributed by atoms with Crippen LogP contribution in [0.5, 0.6) is 0 Å². The van der Waals surface area contributed by atoms with Crippen LogP contribution in [-0.2, 0) is 19.1 Å². The number of hydrogen-bond acceptors (Lipinski definition) is 4. The van der Waals surface area contributed by atoms with E-state index in [2.05, 4.69) is 0 Å². The minimum absolute atomic E-state index is 0.0744. The van der Waals surface area contributed by atoms with E-state index < -0.39 is 17.9 Å². The van der Waals surface area contributed by atoms with E-state index in [4.69, 9.17) is 9.47 Å². The van der Waals surface area contributed by atoms with E-state index in [1.165, 1.54) is 6.92 Å². The SMILES string of the molecule is CC(=O)C[C@@H]1OC(C)(C)OC1=O. The molecule has 0 radical (unpaired) electrons. The van der Waals surface area contributed by atoms with Crippen molar-refractivity contribution in [2.75, 3.05) is 0 Å². The predicted octanol–water partition coefficient (Wildman–Crippen LogP) is 0.644. The van der Waals surface area contributed by atoms with Gasteiger partial charge in [0.1, 0.15) is 5.78 Å². The van der Waals surface area contributed by atoms with Crippen LogP contribution in [0.2, 0.25) is 0 Å². The average molecular weight is 172 g/mol. The number of rotatable bonds is 2. The Morgan fingerprint density at radius 3 is 2.50 bits per heavy atom. The Kier molecular flexibility index (Phi) is 2.19. The van der Waals surface area contributed by atoms with Gasteiger partial charge in [0.25, 0.3) is 0 Å². The van der Waals surface area contributed by atoms with Gasteiger partial charge in [0.05, 0.1) is 0 Å². The largest absolute Gasteiger partial charge is 0.432 e. The highest BCUT2D eigenvalue weighted by Crippen LogP contribution is 2.25. The van der Waals surface area contributed by atoms with E-state index in [1.54, 1.807) is 13.8 Å². The van der Waals surface area contributed by atoms with Gasteiger partial charge in [-0.05, 0) is 6.92 Å². The predicted molar refractivity (Wildman–Crippen MR) is 40.3 cm³/mol. The molecule has 1 aliphatic heterocycles. The third-order valence-electron chi connectivity index (χ3n) is 1.51. The smallest absolute Gasteiger partial charge is 0.338 e. The Bertz CT molecular complexity index is 219. The van der Waals surface area contributed by atoms with Crippen molar-refractivity contribution in [3.63, 3.8) is 0 Å². The molecule has 4 heteroatoms. The Balaban J connectivity index is 2.58. The lowest BCUT2D eigenvalue weighted by Crippen LogP contribution is -2.22. The minimum atomic E-state index is -0.878. The Morgan fingerprint density at radius 1 is 1.58 bits per heavy atom. The second-order valence-electron chi connectivity index (χ2n) is 3.33. The first kappa shape index (κ1) is 9.19. The number of cyclic esters (lactones) is 1. The van der Waals surface area contributed by atoms with Gasteiger partial charge < -0.3 is 9.47 Å². The second kappa shape index (κ2) is 2.86. The summed E-state index contributed by atoms with van der Waals surface area (Å²) >= 11 is 0. The molecule has 1 saturated heterocycles. The molecule has 4 nitrogen and oxygen atoms in total. The van der Waals surface area contributed by atoms with E-state index in [0.717, 1.165) is 0 Å². The number of ketones is 1. The number of Topliss-reactive ketones (excluding diaryl/α,β-unsaturated/α-hetero) is 1. The molecule has 1 heterocycles. The highest BCUT2D eigenvalue weighted by molar-refractivity contribution is 5.85. The Labute approximate surface area is 70.8 Å². The van der Waals surface area contributed by atoms with Crippen LogP contribution in [0.4, 0.5) is 0 Å². The molecule has 0 aliphatic carbocycles. The van der Waals surface area contributed by atoms with Gasteiger partial charge in [-0.2, -0.15) is 0 Å². The van der Waals surface area contributed by atoms with Gasteiger partial charge in [0, 0.05) is 20.3 Å². The molecule has 0 N–H and O–H groups in total. The molecule has 0 aromatic heterocycles. The number of hydrogen-bond donors (Lipinski definition) is 0. The summed E-state index contributed by atoms with van der Waals surface area (Å²) in [5.74, 6) is -1.40. The van der Waals surface area contributed by atoms with Gasteiger partial charge in [-0.25, -0.2) is 4.79 Å². The van der Waals surface area contributed by atoms with Crippen LogP contribution < -0.4 is 0 Å². The van der Waals surface area contributed by atoms with Crippen LogP contribution in [0.3, 0.4) is 0 Å². The molecule has 0 unspecified atom stereocenters. The normalized spacial score (nSPS) is 26.9.